The van der Waals surface area contributed by atoms with Crippen LogP contribution >= 0.6 is 11.3 Å². The number of aryl methyl sites for hydroxylation is 1. The van der Waals surface area contributed by atoms with Gasteiger partial charge in [0, 0.05) is 30.9 Å². The van der Waals surface area contributed by atoms with E-state index in [2.05, 4.69) is 25.7 Å². The van der Waals surface area contributed by atoms with Crippen molar-refractivity contribution in [1.82, 2.24) is 15.5 Å². The molecule has 2 amide bonds. The second-order valence-electron chi connectivity index (χ2n) is 8.20. The van der Waals surface area contributed by atoms with Crippen LogP contribution in [-0.2, 0) is 11.3 Å². The van der Waals surface area contributed by atoms with E-state index < -0.39 is 0 Å². The molecule has 5 rings (SSSR count). The monoisotopic (exact) mass is 475 g/mol. The average molecular weight is 476 g/mol. The average Bonchev–Trinajstić information content (AvgIpc) is 3.46. The zero-order chi connectivity index (χ0) is 23.5. The van der Waals surface area contributed by atoms with E-state index >= 15 is 0 Å². The number of carbonyl (C=O) groups is 2. The number of nitrogens with one attached hydrogen (secondary N) is 3. The third-order valence-electron chi connectivity index (χ3n) is 5.79. The minimum atomic E-state index is -0.240. The number of nitrogens with zero attached hydrogens (tertiary/aromatic N) is 2. The molecule has 0 saturated carbocycles. The zero-order valence-corrected chi connectivity index (χ0v) is 19.6. The number of ether oxygens (including phenoxy) is 1. The number of H-pyrrole nitrogens is 1. The third kappa shape index (κ3) is 4.80. The van der Waals surface area contributed by atoms with Gasteiger partial charge in [0.25, 0.3) is 11.8 Å². The first kappa shape index (κ1) is 22.1. The lowest BCUT2D eigenvalue weighted by atomic mass is 10.1. The largest absolute Gasteiger partial charge is 0.378 e. The summed E-state index contributed by atoms with van der Waals surface area (Å²) in [5.74, 6) is 0.0706. The standard InChI is InChI=1S/C25H25N5O3S/c1-16-2-4-17(5-3-16)15-26-24(32)21-14-20-22(28-29-25(20)34-21)27-23(31)18-6-8-19(9-7-18)30-10-12-33-13-11-30/h2-9,14H,10-13,15H2,1H3,(H,26,32)(H2,27,28,29,31). The molecule has 0 bridgehead atoms. The zero-order valence-electron chi connectivity index (χ0n) is 18.8. The molecule has 4 aromatic rings. The minimum absolute atomic E-state index is 0.167. The summed E-state index contributed by atoms with van der Waals surface area (Å²) in [6, 6.07) is 17.3. The van der Waals surface area contributed by atoms with Crippen molar-refractivity contribution in [1.29, 1.82) is 0 Å². The Morgan fingerprint density at radius 2 is 1.79 bits per heavy atom. The highest BCUT2D eigenvalue weighted by Gasteiger charge is 2.17. The van der Waals surface area contributed by atoms with E-state index in [4.69, 9.17) is 4.74 Å². The number of hydrogen-bond acceptors (Lipinski definition) is 6. The normalized spacial score (nSPS) is 13.7. The summed E-state index contributed by atoms with van der Waals surface area (Å²) < 4.78 is 5.39. The molecule has 2 aromatic heterocycles. The maximum atomic E-state index is 12.8. The molecule has 2 aromatic carbocycles. The number of amides is 2. The van der Waals surface area contributed by atoms with Crippen molar-refractivity contribution in [2.45, 2.75) is 13.5 Å². The highest BCUT2D eigenvalue weighted by atomic mass is 32.1. The van der Waals surface area contributed by atoms with Crippen LogP contribution in [0.25, 0.3) is 10.2 Å². The van der Waals surface area contributed by atoms with Gasteiger partial charge in [0.2, 0.25) is 0 Å². The quantitative estimate of drug-likeness (QED) is 0.392. The summed E-state index contributed by atoms with van der Waals surface area (Å²) in [6.45, 7) is 5.59. The Balaban J connectivity index is 1.24. The molecule has 0 spiro atoms. The number of fused-ring (bicyclic) bond motifs is 1. The number of thiophene rings is 1. The van der Waals surface area contributed by atoms with Crippen molar-refractivity contribution in [2.24, 2.45) is 0 Å². The maximum absolute atomic E-state index is 12.8. The molecule has 0 atom stereocenters. The predicted octanol–water partition coefficient (Wildman–Crippen LogP) is 3.95. The first-order valence-electron chi connectivity index (χ1n) is 11.1. The van der Waals surface area contributed by atoms with Crippen molar-refractivity contribution < 1.29 is 14.3 Å². The fourth-order valence-electron chi connectivity index (χ4n) is 3.82. The molecule has 1 aliphatic heterocycles. The van der Waals surface area contributed by atoms with Gasteiger partial charge in [-0.2, -0.15) is 5.10 Å². The van der Waals surface area contributed by atoms with Crippen LogP contribution in [0.15, 0.2) is 54.6 Å². The summed E-state index contributed by atoms with van der Waals surface area (Å²) >= 11 is 1.28. The number of morpholine rings is 1. The minimum Gasteiger partial charge on any atom is -0.378 e. The molecule has 0 aliphatic carbocycles. The van der Waals surface area contributed by atoms with Gasteiger partial charge in [-0.1, -0.05) is 29.8 Å². The summed E-state index contributed by atoms with van der Waals surface area (Å²) in [4.78, 5) is 28.9. The van der Waals surface area contributed by atoms with Crippen LogP contribution in [0.4, 0.5) is 11.5 Å². The second kappa shape index (κ2) is 9.66. The number of benzene rings is 2. The van der Waals surface area contributed by atoms with Crippen LogP contribution in [0.2, 0.25) is 0 Å². The summed E-state index contributed by atoms with van der Waals surface area (Å²) in [6.07, 6.45) is 0. The fourth-order valence-corrected chi connectivity index (χ4v) is 4.74. The number of rotatable bonds is 6. The first-order chi connectivity index (χ1) is 16.6. The van der Waals surface area contributed by atoms with Gasteiger partial charge in [0.05, 0.1) is 23.5 Å². The summed E-state index contributed by atoms with van der Waals surface area (Å²) in [5, 5.41) is 13.6. The van der Waals surface area contributed by atoms with E-state index in [-0.39, 0.29) is 11.8 Å². The van der Waals surface area contributed by atoms with Gasteiger partial charge in [-0.15, -0.1) is 11.3 Å². The number of aromatic nitrogens is 2. The number of aromatic amines is 1. The molecule has 174 valence electrons. The smallest absolute Gasteiger partial charge is 0.261 e. The number of anilines is 2. The topological polar surface area (TPSA) is 99.4 Å². The van der Waals surface area contributed by atoms with E-state index in [9.17, 15) is 9.59 Å². The Morgan fingerprint density at radius 1 is 1.06 bits per heavy atom. The molecule has 0 unspecified atom stereocenters. The Hall–Kier alpha value is -3.69. The molecule has 1 fully saturated rings. The fraction of sp³-hybridized carbons (Fsp3) is 0.240. The summed E-state index contributed by atoms with van der Waals surface area (Å²) in [5.41, 5.74) is 3.83. The van der Waals surface area contributed by atoms with Crippen LogP contribution in [0, 0.1) is 6.92 Å². The van der Waals surface area contributed by atoms with Gasteiger partial charge in [-0.05, 0) is 42.8 Å². The van der Waals surface area contributed by atoms with Crippen LogP contribution in [-0.4, -0.2) is 48.3 Å². The molecule has 1 aliphatic rings. The second-order valence-corrected chi connectivity index (χ2v) is 9.23. The Labute approximate surface area is 200 Å². The molecular weight excluding hydrogens is 450 g/mol. The van der Waals surface area contributed by atoms with Gasteiger partial charge in [0.1, 0.15) is 10.6 Å². The lowest BCUT2D eigenvalue weighted by Gasteiger charge is -2.28. The molecule has 0 radical (unpaired) electrons. The van der Waals surface area contributed by atoms with E-state index in [1.807, 2.05) is 55.5 Å². The van der Waals surface area contributed by atoms with Crippen molar-refractivity contribution in [3.05, 3.63) is 76.2 Å². The van der Waals surface area contributed by atoms with Gasteiger partial charge in [-0.3, -0.25) is 14.7 Å². The van der Waals surface area contributed by atoms with Crippen LogP contribution in [0.1, 0.15) is 31.2 Å². The Morgan fingerprint density at radius 3 is 2.53 bits per heavy atom. The van der Waals surface area contributed by atoms with Crippen molar-refractivity contribution in [3.63, 3.8) is 0 Å². The number of hydrogen-bond donors (Lipinski definition) is 3. The lowest BCUT2D eigenvalue weighted by Crippen LogP contribution is -2.36. The van der Waals surface area contributed by atoms with Crippen LogP contribution in [0.5, 0.6) is 0 Å². The molecule has 3 heterocycles. The lowest BCUT2D eigenvalue weighted by molar-refractivity contribution is 0.0954. The molecule has 34 heavy (non-hydrogen) atoms. The Kier molecular flexibility index (Phi) is 6.29. The molecule has 8 nitrogen and oxygen atoms in total. The van der Waals surface area contributed by atoms with Crippen molar-refractivity contribution in [2.75, 3.05) is 36.5 Å². The van der Waals surface area contributed by atoms with E-state index in [1.165, 1.54) is 16.9 Å². The van der Waals surface area contributed by atoms with Crippen molar-refractivity contribution >= 4 is 44.9 Å². The van der Waals surface area contributed by atoms with Gasteiger partial charge < -0.3 is 20.3 Å². The predicted molar refractivity (Wildman–Crippen MR) is 134 cm³/mol. The molecular formula is C25H25N5O3S. The molecule has 3 N–H and O–H groups in total. The van der Waals surface area contributed by atoms with Crippen molar-refractivity contribution in [3.8, 4) is 0 Å². The third-order valence-corrected chi connectivity index (χ3v) is 6.82. The van der Waals surface area contributed by atoms with Gasteiger partial charge >= 0.3 is 0 Å². The van der Waals surface area contributed by atoms with Gasteiger partial charge in [0.15, 0.2) is 0 Å². The first-order valence-corrected chi connectivity index (χ1v) is 11.9. The van der Waals surface area contributed by atoms with Gasteiger partial charge in [-0.25, -0.2) is 0 Å². The number of carbonyl (C=O) groups excluding carboxylic acids is 2. The van der Waals surface area contributed by atoms with E-state index in [0.29, 0.717) is 46.2 Å². The van der Waals surface area contributed by atoms with Crippen LogP contribution < -0.4 is 15.5 Å². The highest BCUT2D eigenvalue weighted by molar-refractivity contribution is 7.20. The van der Waals surface area contributed by atoms with E-state index in [0.717, 1.165) is 24.3 Å². The van der Waals surface area contributed by atoms with Crippen LogP contribution in [0.3, 0.4) is 0 Å². The SMILES string of the molecule is Cc1ccc(CNC(=O)c2cc3c(NC(=O)c4ccc(N5CCOCC5)cc4)[nH]nc3s2)cc1. The highest BCUT2D eigenvalue weighted by Crippen LogP contribution is 2.29. The molecule has 1 saturated heterocycles. The summed E-state index contributed by atoms with van der Waals surface area (Å²) in [7, 11) is 0. The Bertz CT molecular complexity index is 1300. The van der Waals surface area contributed by atoms with E-state index in [1.54, 1.807) is 6.07 Å². The maximum Gasteiger partial charge on any atom is 0.261 e. The molecule has 9 heteroatoms.